The van der Waals surface area contributed by atoms with Gasteiger partial charge in [-0.1, -0.05) is 18.5 Å². The number of anilines is 1. The number of nitrogens with one attached hydrogen (secondary N) is 1. The van der Waals surface area contributed by atoms with Crippen LogP contribution in [0, 0.1) is 11.7 Å². The molecule has 21 heavy (non-hydrogen) atoms. The summed E-state index contributed by atoms with van der Waals surface area (Å²) in [6.45, 7) is 3.89. The molecule has 0 saturated carbocycles. The Kier molecular flexibility index (Phi) is 5.56. The number of nitrogens with zero attached hydrogens (tertiary/aromatic N) is 1. The molecule has 1 aromatic carbocycles. The summed E-state index contributed by atoms with van der Waals surface area (Å²) >= 11 is 5.70. The lowest BCUT2D eigenvalue weighted by Gasteiger charge is -2.38. The fourth-order valence-electron chi connectivity index (χ4n) is 2.87. The van der Waals surface area contributed by atoms with Crippen LogP contribution in [-0.2, 0) is 4.79 Å². The first kappa shape index (κ1) is 16.2. The second kappa shape index (κ2) is 7.20. The zero-order chi connectivity index (χ0) is 15.4. The third kappa shape index (κ3) is 4.15. The van der Waals surface area contributed by atoms with E-state index in [0.29, 0.717) is 24.7 Å². The first-order chi connectivity index (χ1) is 10.0. The van der Waals surface area contributed by atoms with Crippen molar-refractivity contribution in [2.45, 2.75) is 25.8 Å². The van der Waals surface area contributed by atoms with Crippen molar-refractivity contribution in [1.82, 2.24) is 4.90 Å². The van der Waals surface area contributed by atoms with E-state index in [1.807, 2.05) is 0 Å². The topological polar surface area (TPSA) is 58.4 Å². The summed E-state index contributed by atoms with van der Waals surface area (Å²) in [6, 6.07) is 4.39. The van der Waals surface area contributed by atoms with E-state index < -0.39 is 5.82 Å². The highest BCUT2D eigenvalue weighted by atomic mass is 35.5. The maximum atomic E-state index is 13.1. The van der Waals surface area contributed by atoms with E-state index in [2.05, 4.69) is 17.1 Å². The molecule has 2 rings (SSSR count). The minimum Gasteiger partial charge on any atom is -0.329 e. The van der Waals surface area contributed by atoms with Gasteiger partial charge in [-0.2, -0.15) is 0 Å². The fourth-order valence-corrected chi connectivity index (χ4v) is 3.05. The average molecular weight is 314 g/mol. The molecule has 6 heteroatoms. The molecule has 1 amide bonds. The van der Waals surface area contributed by atoms with Crippen molar-refractivity contribution in [1.29, 1.82) is 0 Å². The highest BCUT2D eigenvalue weighted by molar-refractivity contribution is 6.31. The van der Waals surface area contributed by atoms with Crippen LogP contribution >= 0.6 is 11.6 Å². The van der Waals surface area contributed by atoms with E-state index in [1.165, 1.54) is 18.2 Å². The lowest BCUT2D eigenvalue weighted by molar-refractivity contribution is -0.118. The smallest absolute Gasteiger partial charge is 0.238 e. The predicted octanol–water partition coefficient (Wildman–Crippen LogP) is 2.48. The van der Waals surface area contributed by atoms with Gasteiger partial charge in [-0.3, -0.25) is 9.69 Å². The van der Waals surface area contributed by atoms with Gasteiger partial charge in [0.15, 0.2) is 0 Å². The normalized spacial score (nSPS) is 23.0. The molecule has 0 spiro atoms. The second-order valence-electron chi connectivity index (χ2n) is 5.57. The molecule has 1 aromatic rings. The minimum atomic E-state index is -0.497. The van der Waals surface area contributed by atoms with Crippen molar-refractivity contribution >= 4 is 23.2 Å². The van der Waals surface area contributed by atoms with Crippen molar-refractivity contribution in [2.24, 2.45) is 11.7 Å². The lowest BCUT2D eigenvalue weighted by Crippen LogP contribution is -2.51. The molecule has 0 aliphatic carbocycles. The Hall–Kier alpha value is -1.17. The van der Waals surface area contributed by atoms with Gasteiger partial charge in [-0.25, -0.2) is 4.39 Å². The summed E-state index contributed by atoms with van der Waals surface area (Å²) < 4.78 is 13.1. The third-order valence-electron chi connectivity index (χ3n) is 4.02. The highest BCUT2D eigenvalue weighted by Crippen LogP contribution is 2.23. The number of carbonyl (C=O) groups is 1. The lowest BCUT2D eigenvalue weighted by atomic mass is 9.91. The summed E-state index contributed by atoms with van der Waals surface area (Å²) in [4.78, 5) is 14.2. The third-order valence-corrected chi connectivity index (χ3v) is 4.31. The largest absolute Gasteiger partial charge is 0.329 e. The summed E-state index contributed by atoms with van der Waals surface area (Å²) in [5.41, 5.74) is 6.32. The summed E-state index contributed by atoms with van der Waals surface area (Å²) in [5.74, 6) is -0.134. The number of hydrogen-bond donors (Lipinski definition) is 2. The number of likely N-dealkylation sites (tertiary alicyclic amines) is 1. The van der Waals surface area contributed by atoms with Crippen LogP contribution in [0.3, 0.4) is 0 Å². The van der Waals surface area contributed by atoms with Gasteiger partial charge in [0, 0.05) is 18.3 Å². The standard InChI is InChI=1S/C15H21ClFN3O/c1-10-3-2-6-20(14(10)8-18)9-15(21)19-11-4-5-13(17)12(16)7-11/h4-5,7,10,14H,2-3,6,8-9,18H2,1H3,(H,19,21). The summed E-state index contributed by atoms with van der Waals surface area (Å²) in [7, 11) is 0. The number of amides is 1. The van der Waals surface area contributed by atoms with Crippen molar-refractivity contribution < 1.29 is 9.18 Å². The Bertz CT molecular complexity index is 512. The van der Waals surface area contributed by atoms with E-state index in [4.69, 9.17) is 17.3 Å². The number of hydrogen-bond acceptors (Lipinski definition) is 3. The van der Waals surface area contributed by atoms with Crippen molar-refractivity contribution in [3.8, 4) is 0 Å². The number of rotatable bonds is 4. The Balaban J connectivity index is 1.95. The first-order valence-electron chi connectivity index (χ1n) is 7.20. The highest BCUT2D eigenvalue weighted by Gasteiger charge is 2.28. The van der Waals surface area contributed by atoms with Gasteiger partial charge in [0.05, 0.1) is 11.6 Å². The maximum absolute atomic E-state index is 13.1. The summed E-state index contributed by atoms with van der Waals surface area (Å²) in [5, 5.41) is 2.74. The maximum Gasteiger partial charge on any atom is 0.238 e. The molecule has 1 heterocycles. The molecule has 0 radical (unpaired) electrons. The van der Waals surface area contributed by atoms with Gasteiger partial charge in [0.1, 0.15) is 5.82 Å². The molecule has 2 atom stereocenters. The number of halogens is 2. The molecule has 3 N–H and O–H groups in total. The second-order valence-corrected chi connectivity index (χ2v) is 5.98. The number of nitrogens with two attached hydrogens (primary N) is 1. The van der Waals surface area contributed by atoms with Gasteiger partial charge >= 0.3 is 0 Å². The van der Waals surface area contributed by atoms with Gasteiger partial charge < -0.3 is 11.1 Å². The molecule has 0 bridgehead atoms. The van der Waals surface area contributed by atoms with E-state index in [1.54, 1.807) is 0 Å². The molecular formula is C15H21ClFN3O. The zero-order valence-electron chi connectivity index (χ0n) is 12.1. The van der Waals surface area contributed by atoms with Gasteiger partial charge in [0.2, 0.25) is 5.91 Å². The van der Waals surface area contributed by atoms with Gasteiger partial charge in [-0.15, -0.1) is 0 Å². The van der Waals surface area contributed by atoms with Crippen molar-refractivity contribution in [3.63, 3.8) is 0 Å². The molecule has 1 aliphatic rings. The van der Waals surface area contributed by atoms with Crippen LogP contribution < -0.4 is 11.1 Å². The monoisotopic (exact) mass is 313 g/mol. The Labute approximate surface area is 129 Å². The number of benzene rings is 1. The zero-order valence-corrected chi connectivity index (χ0v) is 12.9. The van der Waals surface area contributed by atoms with Crippen LogP contribution in [0.5, 0.6) is 0 Å². The number of piperidine rings is 1. The van der Waals surface area contributed by atoms with E-state index >= 15 is 0 Å². The van der Waals surface area contributed by atoms with Crippen LogP contribution in [0.4, 0.5) is 10.1 Å². The SMILES string of the molecule is CC1CCCN(CC(=O)Nc2ccc(F)c(Cl)c2)C1CN. The predicted molar refractivity (Wildman–Crippen MR) is 82.9 cm³/mol. The Morgan fingerprint density at radius 2 is 2.33 bits per heavy atom. The molecule has 2 unspecified atom stereocenters. The van der Waals surface area contributed by atoms with Crippen molar-refractivity contribution in [2.75, 3.05) is 25.0 Å². The first-order valence-corrected chi connectivity index (χ1v) is 7.58. The van der Waals surface area contributed by atoms with Crippen LogP contribution in [0.2, 0.25) is 5.02 Å². The van der Waals surface area contributed by atoms with Crippen LogP contribution in [-0.4, -0.2) is 36.5 Å². The molecule has 116 valence electrons. The molecule has 0 aromatic heterocycles. The van der Waals surface area contributed by atoms with Gasteiger partial charge in [-0.05, 0) is 43.5 Å². The molecular weight excluding hydrogens is 293 g/mol. The quantitative estimate of drug-likeness (QED) is 0.898. The Morgan fingerprint density at radius 3 is 3.00 bits per heavy atom. The van der Waals surface area contributed by atoms with Crippen molar-refractivity contribution in [3.05, 3.63) is 29.0 Å². The van der Waals surface area contributed by atoms with E-state index in [0.717, 1.165) is 19.4 Å². The average Bonchev–Trinajstić information content (AvgIpc) is 2.43. The van der Waals surface area contributed by atoms with Crippen LogP contribution in [0.25, 0.3) is 0 Å². The summed E-state index contributed by atoms with van der Waals surface area (Å²) in [6.07, 6.45) is 2.22. The molecule has 1 saturated heterocycles. The minimum absolute atomic E-state index is 0.000713. The molecule has 4 nitrogen and oxygen atoms in total. The molecule has 1 fully saturated rings. The van der Waals surface area contributed by atoms with E-state index in [-0.39, 0.29) is 17.0 Å². The Morgan fingerprint density at radius 1 is 1.57 bits per heavy atom. The van der Waals surface area contributed by atoms with E-state index in [9.17, 15) is 9.18 Å². The number of carbonyl (C=O) groups excluding carboxylic acids is 1. The van der Waals surface area contributed by atoms with Crippen LogP contribution in [0.1, 0.15) is 19.8 Å². The van der Waals surface area contributed by atoms with Gasteiger partial charge in [0.25, 0.3) is 0 Å². The molecule has 1 aliphatic heterocycles. The fraction of sp³-hybridized carbons (Fsp3) is 0.533. The van der Waals surface area contributed by atoms with Crippen LogP contribution in [0.15, 0.2) is 18.2 Å².